The molecule has 0 aliphatic rings. The first-order chi connectivity index (χ1) is 5.39. The molecule has 0 bridgehead atoms. The Hall–Kier alpha value is -1.04. The van der Waals surface area contributed by atoms with Gasteiger partial charge in [-0.15, -0.1) is 0 Å². The van der Waals surface area contributed by atoms with Crippen molar-refractivity contribution in [3.63, 3.8) is 0 Å². The first-order valence-corrected chi connectivity index (χ1v) is 3.61. The lowest BCUT2D eigenvalue weighted by atomic mass is 10.1. The lowest BCUT2D eigenvalue weighted by molar-refractivity contribution is 0.173. The molecule has 0 aromatic heterocycles. The molecule has 0 radical (unpaired) electrons. The predicted octanol–water partition coefficient (Wildman–Crippen LogP) is 0.864. The SMILES string of the molecule is C=CC(C)(O)C#CC(O)C(=C)C. The van der Waals surface area contributed by atoms with E-state index in [-0.39, 0.29) is 0 Å². The average Bonchev–Trinajstić information content (AvgIpc) is 2.00. The highest BCUT2D eigenvalue weighted by atomic mass is 16.3. The van der Waals surface area contributed by atoms with E-state index in [1.807, 2.05) is 0 Å². The maximum Gasteiger partial charge on any atom is 0.141 e. The minimum Gasteiger partial charge on any atom is -0.376 e. The summed E-state index contributed by atoms with van der Waals surface area (Å²) < 4.78 is 0. The molecule has 2 N–H and O–H groups in total. The Labute approximate surface area is 73.2 Å². The summed E-state index contributed by atoms with van der Waals surface area (Å²) in [7, 11) is 0. The molecule has 66 valence electrons. The summed E-state index contributed by atoms with van der Waals surface area (Å²) in [6.45, 7) is 10.1. The van der Waals surface area contributed by atoms with Crippen molar-refractivity contribution >= 4 is 0 Å². The number of rotatable bonds is 2. The Morgan fingerprint density at radius 2 is 2.17 bits per heavy atom. The Kier molecular flexibility index (Phi) is 3.75. The quantitative estimate of drug-likeness (QED) is 0.472. The molecule has 0 aliphatic carbocycles. The highest BCUT2D eigenvalue weighted by Crippen LogP contribution is 2.02. The summed E-state index contributed by atoms with van der Waals surface area (Å²) in [5.41, 5.74) is -0.682. The van der Waals surface area contributed by atoms with Crippen molar-refractivity contribution < 1.29 is 10.2 Å². The highest BCUT2D eigenvalue weighted by molar-refractivity contribution is 5.25. The molecule has 2 heteroatoms. The van der Waals surface area contributed by atoms with Crippen molar-refractivity contribution in [3.8, 4) is 11.8 Å². The van der Waals surface area contributed by atoms with Gasteiger partial charge in [0.15, 0.2) is 0 Å². The Morgan fingerprint density at radius 3 is 2.50 bits per heavy atom. The molecule has 0 saturated carbocycles. The van der Waals surface area contributed by atoms with Crippen LogP contribution in [0.15, 0.2) is 24.8 Å². The summed E-state index contributed by atoms with van der Waals surface area (Å²) in [4.78, 5) is 0. The molecule has 2 atom stereocenters. The zero-order valence-corrected chi connectivity index (χ0v) is 7.46. The van der Waals surface area contributed by atoms with E-state index in [9.17, 15) is 5.11 Å². The van der Waals surface area contributed by atoms with Gasteiger partial charge in [-0.3, -0.25) is 0 Å². The summed E-state index contributed by atoms with van der Waals surface area (Å²) >= 11 is 0. The van der Waals surface area contributed by atoms with Gasteiger partial charge >= 0.3 is 0 Å². The zero-order valence-electron chi connectivity index (χ0n) is 7.46. The molecule has 0 aliphatic heterocycles. The average molecular weight is 166 g/mol. The lowest BCUT2D eigenvalue weighted by Gasteiger charge is -2.09. The number of aliphatic hydroxyl groups excluding tert-OH is 1. The molecule has 12 heavy (non-hydrogen) atoms. The van der Waals surface area contributed by atoms with Crippen LogP contribution in [0.25, 0.3) is 0 Å². The molecule has 0 heterocycles. The van der Waals surface area contributed by atoms with Crippen LogP contribution in [0, 0.1) is 11.8 Å². The van der Waals surface area contributed by atoms with Crippen molar-refractivity contribution in [1.29, 1.82) is 0 Å². The van der Waals surface area contributed by atoms with Gasteiger partial charge in [0.05, 0.1) is 0 Å². The smallest absolute Gasteiger partial charge is 0.141 e. The van der Waals surface area contributed by atoms with Crippen LogP contribution < -0.4 is 0 Å². The second-order valence-electron chi connectivity index (χ2n) is 2.87. The molecular weight excluding hydrogens is 152 g/mol. The van der Waals surface area contributed by atoms with Crippen LogP contribution in [0.2, 0.25) is 0 Å². The fourth-order valence-electron chi connectivity index (χ4n) is 0.389. The molecule has 0 aromatic rings. The van der Waals surface area contributed by atoms with Gasteiger partial charge in [-0.25, -0.2) is 0 Å². The van der Waals surface area contributed by atoms with Crippen molar-refractivity contribution in [2.75, 3.05) is 0 Å². The van der Waals surface area contributed by atoms with Crippen molar-refractivity contribution in [1.82, 2.24) is 0 Å². The predicted molar refractivity (Wildman–Crippen MR) is 49.4 cm³/mol. The summed E-state index contributed by atoms with van der Waals surface area (Å²) in [6.07, 6.45) is 0.432. The Balaban J connectivity index is 4.40. The molecule has 2 unspecified atom stereocenters. The molecule has 0 fully saturated rings. The lowest BCUT2D eigenvalue weighted by Crippen LogP contribution is -2.18. The van der Waals surface area contributed by atoms with Gasteiger partial charge in [0.1, 0.15) is 11.7 Å². The highest BCUT2D eigenvalue weighted by Gasteiger charge is 2.10. The standard InChI is InChI=1S/C10H14O2/c1-5-10(4,12)7-6-9(11)8(2)3/h5,9,11-12H,1-2H2,3-4H3. The number of hydrogen-bond acceptors (Lipinski definition) is 2. The van der Waals surface area contributed by atoms with Crippen molar-refractivity contribution in [2.24, 2.45) is 0 Å². The molecule has 0 aromatic carbocycles. The van der Waals surface area contributed by atoms with Gasteiger partial charge in [-0.1, -0.05) is 25.0 Å². The summed E-state index contributed by atoms with van der Waals surface area (Å²) in [5.74, 6) is 4.92. The second kappa shape index (κ2) is 4.10. The van der Waals surface area contributed by atoms with Crippen LogP contribution in [0.1, 0.15) is 13.8 Å². The Morgan fingerprint density at radius 1 is 1.67 bits per heavy atom. The van der Waals surface area contributed by atoms with E-state index in [1.165, 1.54) is 13.0 Å². The van der Waals surface area contributed by atoms with E-state index in [0.29, 0.717) is 5.57 Å². The van der Waals surface area contributed by atoms with Crippen LogP contribution in [-0.2, 0) is 0 Å². The molecule has 0 saturated heterocycles. The van der Waals surface area contributed by atoms with Crippen molar-refractivity contribution in [2.45, 2.75) is 25.6 Å². The monoisotopic (exact) mass is 166 g/mol. The third-order valence-electron chi connectivity index (χ3n) is 1.33. The van der Waals surface area contributed by atoms with E-state index in [2.05, 4.69) is 25.0 Å². The fraction of sp³-hybridized carbons (Fsp3) is 0.400. The van der Waals surface area contributed by atoms with Gasteiger partial charge < -0.3 is 10.2 Å². The van der Waals surface area contributed by atoms with Crippen LogP contribution in [0.4, 0.5) is 0 Å². The van der Waals surface area contributed by atoms with Crippen LogP contribution in [0.5, 0.6) is 0 Å². The third kappa shape index (κ3) is 3.97. The van der Waals surface area contributed by atoms with Gasteiger partial charge in [0, 0.05) is 0 Å². The third-order valence-corrected chi connectivity index (χ3v) is 1.33. The first-order valence-electron chi connectivity index (χ1n) is 3.61. The minimum atomic E-state index is -1.24. The zero-order chi connectivity index (χ0) is 9.78. The maximum atomic E-state index is 9.32. The van der Waals surface area contributed by atoms with Crippen molar-refractivity contribution in [3.05, 3.63) is 24.8 Å². The molecule has 0 spiro atoms. The number of aliphatic hydroxyl groups is 2. The van der Waals surface area contributed by atoms with Gasteiger partial charge in [0.25, 0.3) is 0 Å². The van der Waals surface area contributed by atoms with E-state index in [4.69, 9.17) is 5.11 Å². The topological polar surface area (TPSA) is 40.5 Å². The van der Waals surface area contributed by atoms with Gasteiger partial charge in [-0.2, -0.15) is 0 Å². The number of hydrogen-bond donors (Lipinski definition) is 2. The largest absolute Gasteiger partial charge is 0.376 e. The molecule has 2 nitrogen and oxygen atoms in total. The minimum absolute atomic E-state index is 0.558. The van der Waals surface area contributed by atoms with E-state index in [0.717, 1.165) is 0 Å². The Bertz CT molecular complexity index is 240. The first kappa shape index (κ1) is 11.0. The van der Waals surface area contributed by atoms with Crippen LogP contribution in [0.3, 0.4) is 0 Å². The molecular formula is C10H14O2. The summed E-state index contributed by atoms with van der Waals surface area (Å²) in [6, 6.07) is 0. The second-order valence-corrected chi connectivity index (χ2v) is 2.87. The van der Waals surface area contributed by atoms with E-state index >= 15 is 0 Å². The van der Waals surface area contributed by atoms with Gasteiger partial charge in [-0.05, 0) is 25.5 Å². The molecule has 0 amide bonds. The fourth-order valence-corrected chi connectivity index (χ4v) is 0.389. The maximum absolute atomic E-state index is 9.32. The van der Waals surface area contributed by atoms with Crippen LogP contribution >= 0.6 is 0 Å². The van der Waals surface area contributed by atoms with Crippen LogP contribution in [-0.4, -0.2) is 21.9 Å². The van der Waals surface area contributed by atoms with E-state index in [1.54, 1.807) is 6.92 Å². The normalized spacial score (nSPS) is 16.7. The van der Waals surface area contributed by atoms with E-state index < -0.39 is 11.7 Å². The van der Waals surface area contributed by atoms with Gasteiger partial charge in [0.2, 0.25) is 0 Å². The molecule has 0 rings (SSSR count). The summed E-state index contributed by atoms with van der Waals surface area (Å²) in [5, 5.41) is 18.5.